The van der Waals surface area contributed by atoms with Gasteiger partial charge in [-0.25, -0.2) is 4.98 Å². The smallest absolute Gasteiger partial charge is 0.295 e. The second-order valence-electron chi connectivity index (χ2n) is 5.14. The topological polar surface area (TPSA) is 49.6 Å². The fraction of sp³-hybridized carbons (Fsp3) is 0.286. The van der Waals surface area contributed by atoms with Gasteiger partial charge in [-0.2, -0.15) is 0 Å². The highest BCUT2D eigenvalue weighted by atomic mass is 35.5. The molecule has 0 N–H and O–H groups in total. The van der Waals surface area contributed by atoms with Gasteiger partial charge in [0.05, 0.1) is 11.7 Å². The summed E-state index contributed by atoms with van der Waals surface area (Å²) in [6, 6.07) is 6.87. The fourth-order valence-electron chi connectivity index (χ4n) is 3.00. The van der Waals surface area contributed by atoms with Gasteiger partial charge in [0.2, 0.25) is 0 Å². The van der Waals surface area contributed by atoms with Crippen molar-refractivity contribution in [2.45, 2.75) is 12.5 Å². The van der Waals surface area contributed by atoms with Crippen LogP contribution in [0.4, 0.5) is 11.5 Å². The molecule has 1 amide bonds. The molecule has 0 aromatic carbocycles. The number of aromatic nitrogens is 1. The van der Waals surface area contributed by atoms with Crippen molar-refractivity contribution in [1.29, 1.82) is 0 Å². The van der Waals surface area contributed by atoms with Gasteiger partial charge < -0.3 is 9.32 Å². The number of rotatable bonds is 1. The van der Waals surface area contributed by atoms with Crippen molar-refractivity contribution in [2.75, 3.05) is 22.9 Å². The maximum Gasteiger partial charge on any atom is 0.295 e. The van der Waals surface area contributed by atoms with E-state index >= 15 is 0 Å². The average molecular weight is 324 g/mol. The van der Waals surface area contributed by atoms with E-state index in [2.05, 4.69) is 9.88 Å². The Morgan fingerprint density at radius 3 is 2.90 bits per heavy atom. The number of halogens is 2. The highest BCUT2D eigenvalue weighted by molar-refractivity contribution is 6.30. The van der Waals surface area contributed by atoms with E-state index in [1.54, 1.807) is 23.1 Å². The highest BCUT2D eigenvalue weighted by Crippen LogP contribution is 2.40. The van der Waals surface area contributed by atoms with Crippen molar-refractivity contribution in [2.24, 2.45) is 0 Å². The van der Waals surface area contributed by atoms with Gasteiger partial charge in [0.15, 0.2) is 16.8 Å². The number of anilines is 2. The van der Waals surface area contributed by atoms with Crippen LogP contribution in [0.1, 0.15) is 17.0 Å². The maximum absolute atomic E-state index is 12.7. The minimum Gasteiger partial charge on any atom is -0.440 e. The molecule has 0 aliphatic carbocycles. The molecule has 7 heteroatoms. The van der Waals surface area contributed by atoms with Gasteiger partial charge in [-0.1, -0.05) is 11.6 Å². The zero-order valence-corrected chi connectivity index (χ0v) is 12.4. The maximum atomic E-state index is 12.7. The first-order valence-corrected chi connectivity index (χ1v) is 7.39. The fourth-order valence-corrected chi connectivity index (χ4v) is 3.29. The number of furan rings is 1. The van der Waals surface area contributed by atoms with Crippen LogP contribution in [0.25, 0.3) is 0 Å². The second-order valence-corrected chi connectivity index (χ2v) is 5.90. The Morgan fingerprint density at radius 1 is 1.29 bits per heavy atom. The van der Waals surface area contributed by atoms with Crippen LogP contribution in [0.5, 0.6) is 0 Å². The molecule has 0 spiro atoms. The lowest BCUT2D eigenvalue weighted by Gasteiger charge is -2.35. The van der Waals surface area contributed by atoms with Crippen molar-refractivity contribution in [3.05, 3.63) is 40.4 Å². The van der Waals surface area contributed by atoms with E-state index < -0.39 is 0 Å². The zero-order valence-electron chi connectivity index (χ0n) is 10.9. The van der Waals surface area contributed by atoms with Crippen LogP contribution in [0.3, 0.4) is 0 Å². The molecule has 2 aliphatic rings. The molecule has 1 fully saturated rings. The highest BCUT2D eigenvalue weighted by Gasteiger charge is 2.41. The first kappa shape index (κ1) is 13.0. The summed E-state index contributed by atoms with van der Waals surface area (Å²) in [4.78, 5) is 21.0. The number of nitrogens with zero attached hydrogens (tertiary/aromatic N) is 3. The number of amides is 1. The predicted molar refractivity (Wildman–Crippen MR) is 80.4 cm³/mol. The Kier molecular flexibility index (Phi) is 2.87. The average Bonchev–Trinajstić information content (AvgIpc) is 3.06. The Bertz CT molecular complexity index is 731. The molecule has 0 saturated carbocycles. The summed E-state index contributed by atoms with van der Waals surface area (Å²) < 4.78 is 5.25. The van der Waals surface area contributed by atoms with Crippen LogP contribution in [0.15, 0.2) is 28.7 Å². The van der Waals surface area contributed by atoms with E-state index in [1.165, 1.54) is 0 Å². The third-order valence-corrected chi connectivity index (χ3v) is 4.33. The first-order chi connectivity index (χ1) is 10.1. The molecule has 2 aliphatic heterocycles. The molecule has 1 atom stereocenters. The van der Waals surface area contributed by atoms with E-state index in [0.29, 0.717) is 11.0 Å². The van der Waals surface area contributed by atoms with Crippen LogP contribution in [-0.4, -0.2) is 30.0 Å². The van der Waals surface area contributed by atoms with Crippen LogP contribution >= 0.6 is 23.2 Å². The molecule has 1 saturated heterocycles. The van der Waals surface area contributed by atoms with Gasteiger partial charge >= 0.3 is 0 Å². The van der Waals surface area contributed by atoms with E-state index in [4.69, 9.17) is 27.6 Å². The lowest BCUT2D eigenvalue weighted by Crippen LogP contribution is -2.46. The van der Waals surface area contributed by atoms with Gasteiger partial charge in [-0.05, 0) is 42.3 Å². The summed E-state index contributed by atoms with van der Waals surface area (Å²) in [5.41, 5.74) is 0.930. The lowest BCUT2D eigenvalue weighted by molar-refractivity contribution is 0.0950. The van der Waals surface area contributed by atoms with Crippen LogP contribution in [-0.2, 0) is 0 Å². The minimum atomic E-state index is -0.232. The van der Waals surface area contributed by atoms with Crippen molar-refractivity contribution in [3.8, 4) is 0 Å². The second kappa shape index (κ2) is 4.64. The molecule has 0 unspecified atom stereocenters. The third kappa shape index (κ3) is 2.00. The number of carbonyl (C=O) groups is 1. The van der Waals surface area contributed by atoms with Crippen molar-refractivity contribution < 1.29 is 9.21 Å². The van der Waals surface area contributed by atoms with Gasteiger partial charge in [-0.3, -0.25) is 9.69 Å². The first-order valence-electron chi connectivity index (χ1n) is 6.64. The van der Waals surface area contributed by atoms with E-state index in [-0.39, 0.29) is 22.9 Å². The largest absolute Gasteiger partial charge is 0.440 e. The Morgan fingerprint density at radius 2 is 2.14 bits per heavy atom. The van der Waals surface area contributed by atoms with E-state index in [9.17, 15) is 4.79 Å². The summed E-state index contributed by atoms with van der Waals surface area (Å²) in [5.74, 6) is 0.575. The standard InChI is InChI=1S/C14H11Cl2N3O2/c15-11-3-1-9-13(17-11)19(8-5-6-18(9)7-8)14(20)10-2-4-12(16)21-10/h1-4,8H,5-7H2/t8-/m0/s1. The number of hydrogen-bond donors (Lipinski definition) is 0. The summed E-state index contributed by atoms with van der Waals surface area (Å²) in [7, 11) is 0. The molecular weight excluding hydrogens is 313 g/mol. The number of pyridine rings is 1. The van der Waals surface area contributed by atoms with Gasteiger partial charge in [0.1, 0.15) is 5.15 Å². The Balaban J connectivity index is 1.82. The minimum absolute atomic E-state index is 0.0832. The van der Waals surface area contributed by atoms with Gasteiger partial charge in [0, 0.05) is 13.1 Å². The predicted octanol–water partition coefficient (Wildman–Crippen LogP) is 3.22. The molecule has 108 valence electrons. The Hall–Kier alpha value is -1.72. The number of fused-ring (bicyclic) bond motifs is 4. The van der Waals surface area contributed by atoms with Crippen LogP contribution < -0.4 is 9.80 Å². The van der Waals surface area contributed by atoms with E-state index in [0.717, 1.165) is 25.2 Å². The third-order valence-electron chi connectivity index (χ3n) is 3.92. The molecule has 4 heterocycles. The molecule has 0 radical (unpaired) electrons. The quantitative estimate of drug-likeness (QED) is 0.756. The summed E-state index contributed by atoms with van der Waals surface area (Å²) in [6.45, 7) is 1.71. The normalized spacial score (nSPS) is 19.8. The summed E-state index contributed by atoms with van der Waals surface area (Å²) in [5, 5.41) is 0.564. The monoisotopic (exact) mass is 323 g/mol. The Labute approximate surface area is 131 Å². The lowest BCUT2D eigenvalue weighted by atomic mass is 10.1. The SMILES string of the molecule is O=C(c1ccc(Cl)o1)N1c2nc(Cl)ccc2N2CC[C@H]1C2. The van der Waals surface area contributed by atoms with Crippen LogP contribution in [0.2, 0.25) is 10.4 Å². The van der Waals surface area contributed by atoms with Crippen molar-refractivity contribution in [1.82, 2.24) is 4.98 Å². The van der Waals surface area contributed by atoms with Crippen LogP contribution in [0, 0.1) is 0 Å². The van der Waals surface area contributed by atoms with E-state index in [1.807, 2.05) is 6.07 Å². The molecule has 2 aromatic heterocycles. The summed E-state index contributed by atoms with van der Waals surface area (Å²) >= 11 is 11.8. The molecule has 2 aromatic rings. The molecule has 21 heavy (non-hydrogen) atoms. The molecule has 5 nitrogen and oxygen atoms in total. The summed E-state index contributed by atoms with van der Waals surface area (Å²) in [6.07, 6.45) is 0.897. The molecule has 4 rings (SSSR count). The number of hydrogen-bond acceptors (Lipinski definition) is 4. The van der Waals surface area contributed by atoms with Crippen molar-refractivity contribution >= 4 is 40.6 Å². The molecular formula is C14H11Cl2N3O2. The van der Waals surface area contributed by atoms with Gasteiger partial charge in [0.25, 0.3) is 5.91 Å². The molecule has 2 bridgehead atoms. The van der Waals surface area contributed by atoms with Gasteiger partial charge in [-0.15, -0.1) is 0 Å². The number of carbonyl (C=O) groups excluding carboxylic acids is 1. The van der Waals surface area contributed by atoms with Crippen molar-refractivity contribution in [3.63, 3.8) is 0 Å². The zero-order chi connectivity index (χ0) is 14.6.